The highest BCUT2D eigenvalue weighted by atomic mass is 79.9. The maximum Gasteiger partial charge on any atom is 0.229 e. The van der Waals surface area contributed by atoms with Crippen LogP contribution in [0.3, 0.4) is 0 Å². The second kappa shape index (κ2) is 5.19. The van der Waals surface area contributed by atoms with Crippen molar-refractivity contribution in [1.29, 1.82) is 0 Å². The molecule has 1 N–H and O–H groups in total. The van der Waals surface area contributed by atoms with Gasteiger partial charge in [-0.1, -0.05) is 0 Å². The van der Waals surface area contributed by atoms with Crippen molar-refractivity contribution < 1.29 is 0 Å². The third-order valence-electron chi connectivity index (χ3n) is 2.96. The maximum absolute atomic E-state index is 4.43. The number of halogens is 1. The summed E-state index contributed by atoms with van der Waals surface area (Å²) < 4.78 is 4.08. The molecule has 0 aromatic carbocycles. The fourth-order valence-corrected chi connectivity index (χ4v) is 2.29. The Morgan fingerprint density at radius 3 is 2.91 bits per heavy atom. The molecule has 4 rings (SSSR count). The highest BCUT2D eigenvalue weighted by Crippen LogP contribution is 2.18. The Balaban J connectivity index is 1.69. The number of anilines is 2. The summed E-state index contributed by atoms with van der Waals surface area (Å²) in [5.74, 6) is 1.11. The van der Waals surface area contributed by atoms with Crippen LogP contribution in [0.15, 0.2) is 53.8 Å². The Kier molecular flexibility index (Phi) is 3.04. The monoisotopic (exact) mass is 356 g/mol. The van der Waals surface area contributed by atoms with Gasteiger partial charge in [-0.05, 0) is 28.1 Å². The van der Waals surface area contributed by atoms with Gasteiger partial charge in [0.25, 0.3) is 0 Å². The molecular weight excluding hydrogens is 348 g/mol. The maximum atomic E-state index is 4.43. The number of nitrogens with zero attached hydrogens (tertiary/aromatic N) is 7. The molecule has 0 fully saturated rings. The third kappa shape index (κ3) is 2.31. The van der Waals surface area contributed by atoms with E-state index in [9.17, 15) is 0 Å². The van der Waals surface area contributed by atoms with Gasteiger partial charge in [0.05, 0.1) is 6.20 Å². The van der Waals surface area contributed by atoms with Gasteiger partial charge in [-0.3, -0.25) is 0 Å². The predicted octanol–water partition coefficient (Wildman–Crippen LogP) is 2.21. The fourth-order valence-electron chi connectivity index (χ4n) is 2.00. The lowest BCUT2D eigenvalue weighted by atomic mass is 10.5. The van der Waals surface area contributed by atoms with E-state index in [1.165, 1.54) is 0 Å². The number of rotatable bonds is 3. The van der Waals surface area contributed by atoms with E-state index >= 15 is 0 Å². The Labute approximate surface area is 133 Å². The van der Waals surface area contributed by atoms with Crippen LogP contribution in [0.2, 0.25) is 0 Å². The van der Waals surface area contributed by atoms with Crippen molar-refractivity contribution in [3.63, 3.8) is 0 Å². The molecule has 0 unspecified atom stereocenters. The van der Waals surface area contributed by atoms with E-state index in [1.54, 1.807) is 33.9 Å². The number of hydrogen-bond donors (Lipinski definition) is 1. The first-order valence-corrected chi connectivity index (χ1v) is 7.19. The quantitative estimate of drug-likeness (QED) is 0.605. The summed E-state index contributed by atoms with van der Waals surface area (Å²) in [4.78, 5) is 12.9. The molecular formula is C13H9BrN8. The lowest BCUT2D eigenvalue weighted by molar-refractivity contribution is 0.834. The summed E-state index contributed by atoms with van der Waals surface area (Å²) in [7, 11) is 0. The largest absolute Gasteiger partial charge is 0.320 e. The van der Waals surface area contributed by atoms with Gasteiger partial charge in [0.15, 0.2) is 11.5 Å². The van der Waals surface area contributed by atoms with Crippen molar-refractivity contribution in [2.75, 3.05) is 5.32 Å². The van der Waals surface area contributed by atoms with E-state index in [0.717, 1.165) is 10.3 Å². The fraction of sp³-hybridized carbons (Fsp3) is 0. The van der Waals surface area contributed by atoms with Crippen molar-refractivity contribution >= 4 is 33.2 Å². The molecule has 0 aliphatic heterocycles. The first-order valence-electron chi connectivity index (χ1n) is 6.39. The van der Waals surface area contributed by atoms with Gasteiger partial charge < -0.3 is 5.32 Å². The molecule has 0 aliphatic rings. The Morgan fingerprint density at radius 1 is 1.09 bits per heavy atom. The average Bonchev–Trinajstić information content (AvgIpc) is 3.15. The summed E-state index contributed by atoms with van der Waals surface area (Å²) in [6.07, 6.45) is 8.70. The lowest BCUT2D eigenvalue weighted by Gasteiger charge is -2.04. The summed E-state index contributed by atoms with van der Waals surface area (Å²) in [6, 6.07) is 5.43. The van der Waals surface area contributed by atoms with Crippen LogP contribution >= 0.6 is 15.9 Å². The molecule has 22 heavy (non-hydrogen) atoms. The van der Waals surface area contributed by atoms with Gasteiger partial charge in [-0.2, -0.15) is 15.2 Å². The van der Waals surface area contributed by atoms with Crippen molar-refractivity contribution in [3.8, 4) is 5.82 Å². The molecule has 4 aromatic heterocycles. The van der Waals surface area contributed by atoms with Crippen molar-refractivity contribution in [2.45, 2.75) is 0 Å². The Hall–Kier alpha value is -2.81. The molecule has 9 heteroatoms. The van der Waals surface area contributed by atoms with Crippen LogP contribution in [0, 0.1) is 0 Å². The molecule has 4 heterocycles. The molecule has 0 aliphatic carbocycles. The summed E-state index contributed by atoms with van der Waals surface area (Å²) in [5, 5.41) is 11.6. The standard InChI is InChI=1S/C13H9BrN8/c14-10-3-7-21(20-10)11-2-5-16-13(19-11)18-9-8-17-22-6-1-4-15-12(9)22/h1-8H,(H,16,18,19). The summed E-state index contributed by atoms with van der Waals surface area (Å²) >= 11 is 3.31. The van der Waals surface area contributed by atoms with E-state index in [1.807, 2.05) is 24.5 Å². The van der Waals surface area contributed by atoms with Gasteiger partial charge >= 0.3 is 0 Å². The summed E-state index contributed by atoms with van der Waals surface area (Å²) in [6.45, 7) is 0. The molecule has 0 spiro atoms. The highest BCUT2D eigenvalue weighted by molar-refractivity contribution is 9.10. The number of fused-ring (bicyclic) bond motifs is 1. The smallest absolute Gasteiger partial charge is 0.229 e. The van der Waals surface area contributed by atoms with E-state index < -0.39 is 0 Å². The summed E-state index contributed by atoms with van der Waals surface area (Å²) in [5.41, 5.74) is 1.44. The molecule has 0 saturated carbocycles. The molecule has 0 saturated heterocycles. The highest BCUT2D eigenvalue weighted by Gasteiger charge is 2.08. The van der Waals surface area contributed by atoms with E-state index in [2.05, 4.69) is 46.4 Å². The topological polar surface area (TPSA) is 85.8 Å². The Morgan fingerprint density at radius 2 is 2.05 bits per heavy atom. The van der Waals surface area contributed by atoms with Crippen molar-refractivity contribution in [2.24, 2.45) is 0 Å². The van der Waals surface area contributed by atoms with Crippen molar-refractivity contribution in [3.05, 3.63) is 53.8 Å². The van der Waals surface area contributed by atoms with Crippen LogP contribution in [-0.4, -0.2) is 34.3 Å². The van der Waals surface area contributed by atoms with Gasteiger partial charge in [-0.15, -0.1) is 0 Å². The third-order valence-corrected chi connectivity index (χ3v) is 3.38. The predicted molar refractivity (Wildman–Crippen MR) is 83.1 cm³/mol. The zero-order valence-electron chi connectivity index (χ0n) is 11.1. The van der Waals surface area contributed by atoms with Gasteiger partial charge in [0.2, 0.25) is 5.95 Å². The Bertz CT molecular complexity index is 944. The molecule has 108 valence electrons. The second-order valence-corrected chi connectivity index (χ2v) is 5.21. The van der Waals surface area contributed by atoms with Crippen LogP contribution in [-0.2, 0) is 0 Å². The minimum absolute atomic E-state index is 0.449. The van der Waals surface area contributed by atoms with Crippen LogP contribution in [0.1, 0.15) is 0 Å². The lowest BCUT2D eigenvalue weighted by Crippen LogP contribution is -2.03. The number of hydrogen-bond acceptors (Lipinski definition) is 6. The molecule has 0 radical (unpaired) electrons. The van der Waals surface area contributed by atoms with Gasteiger partial charge in [-0.25, -0.2) is 19.2 Å². The van der Waals surface area contributed by atoms with Crippen LogP contribution in [0.25, 0.3) is 11.5 Å². The minimum atomic E-state index is 0.449. The van der Waals surface area contributed by atoms with E-state index in [0.29, 0.717) is 17.4 Å². The van der Waals surface area contributed by atoms with Gasteiger partial charge in [0, 0.05) is 30.9 Å². The van der Waals surface area contributed by atoms with E-state index in [-0.39, 0.29) is 0 Å². The van der Waals surface area contributed by atoms with Gasteiger partial charge in [0.1, 0.15) is 10.3 Å². The molecule has 8 nitrogen and oxygen atoms in total. The first kappa shape index (κ1) is 12.9. The average molecular weight is 357 g/mol. The number of aromatic nitrogens is 7. The first-order chi connectivity index (χ1) is 10.8. The van der Waals surface area contributed by atoms with Crippen molar-refractivity contribution in [1.82, 2.24) is 34.3 Å². The second-order valence-electron chi connectivity index (χ2n) is 4.39. The van der Waals surface area contributed by atoms with Crippen LogP contribution in [0.5, 0.6) is 0 Å². The molecule has 0 atom stereocenters. The number of nitrogens with one attached hydrogen (secondary N) is 1. The van der Waals surface area contributed by atoms with Crippen LogP contribution < -0.4 is 5.32 Å². The van der Waals surface area contributed by atoms with Crippen LogP contribution in [0.4, 0.5) is 11.6 Å². The normalized spacial score (nSPS) is 11.0. The van der Waals surface area contributed by atoms with E-state index in [4.69, 9.17) is 0 Å². The SMILES string of the molecule is Brc1ccn(-c2ccnc(Nc3cnn4cccnc34)n2)n1. The minimum Gasteiger partial charge on any atom is -0.320 e. The molecule has 4 aromatic rings. The molecule has 0 amide bonds. The zero-order chi connectivity index (χ0) is 14.9. The molecule has 0 bridgehead atoms. The zero-order valence-corrected chi connectivity index (χ0v) is 12.7.